The van der Waals surface area contributed by atoms with Crippen LogP contribution >= 0.6 is 0 Å². The number of rotatable bonds is 3. The fourth-order valence-corrected chi connectivity index (χ4v) is 2.69. The van der Waals surface area contributed by atoms with Crippen molar-refractivity contribution in [3.05, 3.63) is 42.2 Å². The Labute approximate surface area is 118 Å². The molecule has 4 heteroatoms. The van der Waals surface area contributed by atoms with Crippen LogP contribution in [0.1, 0.15) is 24.8 Å². The smallest absolute Gasteiger partial charge is 0.237 e. The first-order valence-electron chi connectivity index (χ1n) is 7.17. The van der Waals surface area contributed by atoms with E-state index in [0.717, 1.165) is 36.8 Å². The fraction of sp³-hybridized carbons (Fsp3) is 0.375. The number of hydrogen-bond donors (Lipinski definition) is 2. The summed E-state index contributed by atoms with van der Waals surface area (Å²) in [5.41, 5.74) is 1.14. The van der Waals surface area contributed by atoms with Crippen LogP contribution in [0.25, 0.3) is 10.8 Å². The number of carbonyl (C=O) groups excluding carboxylic acids is 1. The largest absolute Gasteiger partial charge is 0.355 e. The molecule has 1 aliphatic rings. The normalized spacial score (nSPS) is 19.6. The highest BCUT2D eigenvalue weighted by Crippen LogP contribution is 2.17. The molecule has 0 radical (unpaired) electrons. The molecule has 1 atom stereocenters. The molecule has 1 aliphatic heterocycles. The van der Waals surface area contributed by atoms with Gasteiger partial charge in [0.25, 0.3) is 0 Å². The fourth-order valence-electron chi connectivity index (χ4n) is 2.69. The van der Waals surface area contributed by atoms with E-state index in [2.05, 4.69) is 27.8 Å². The van der Waals surface area contributed by atoms with Gasteiger partial charge in [0.2, 0.25) is 5.91 Å². The lowest BCUT2D eigenvalue weighted by Gasteiger charge is -2.15. The third kappa shape index (κ3) is 2.80. The molecule has 2 heterocycles. The van der Waals surface area contributed by atoms with Crippen LogP contribution in [0.3, 0.4) is 0 Å². The molecule has 1 aromatic carbocycles. The number of aromatic nitrogens is 1. The van der Waals surface area contributed by atoms with Crippen LogP contribution in [0, 0.1) is 0 Å². The second kappa shape index (κ2) is 6.01. The molecule has 2 N–H and O–H groups in total. The first-order valence-corrected chi connectivity index (χ1v) is 7.17. The van der Waals surface area contributed by atoms with Crippen molar-refractivity contribution < 1.29 is 4.79 Å². The molecule has 1 fully saturated rings. The molecule has 20 heavy (non-hydrogen) atoms. The van der Waals surface area contributed by atoms with Crippen LogP contribution in [-0.4, -0.2) is 23.5 Å². The topological polar surface area (TPSA) is 54.0 Å². The van der Waals surface area contributed by atoms with Gasteiger partial charge in [-0.3, -0.25) is 9.78 Å². The van der Waals surface area contributed by atoms with E-state index in [4.69, 9.17) is 0 Å². The predicted molar refractivity (Wildman–Crippen MR) is 79.2 cm³/mol. The zero-order chi connectivity index (χ0) is 13.8. The highest BCUT2D eigenvalue weighted by Gasteiger charge is 2.19. The van der Waals surface area contributed by atoms with Gasteiger partial charge in [-0.1, -0.05) is 24.3 Å². The SMILES string of the molecule is O=C1NCCCCC1NCc1cncc2ccccc12. The van der Waals surface area contributed by atoms with Crippen LogP contribution in [0.2, 0.25) is 0 Å². The number of amides is 1. The van der Waals surface area contributed by atoms with Crippen LogP contribution in [0.5, 0.6) is 0 Å². The van der Waals surface area contributed by atoms with Crippen molar-refractivity contribution in [1.82, 2.24) is 15.6 Å². The van der Waals surface area contributed by atoms with Crippen molar-refractivity contribution in [2.24, 2.45) is 0 Å². The molecule has 4 nitrogen and oxygen atoms in total. The monoisotopic (exact) mass is 269 g/mol. The summed E-state index contributed by atoms with van der Waals surface area (Å²) in [7, 11) is 0. The zero-order valence-corrected chi connectivity index (χ0v) is 11.4. The lowest BCUT2D eigenvalue weighted by atomic mass is 10.1. The third-order valence-corrected chi connectivity index (χ3v) is 3.82. The molecule has 104 valence electrons. The molecular weight excluding hydrogens is 250 g/mol. The number of benzene rings is 1. The minimum Gasteiger partial charge on any atom is -0.355 e. The Bertz CT molecular complexity index is 606. The number of hydrogen-bond acceptors (Lipinski definition) is 3. The van der Waals surface area contributed by atoms with Crippen LogP contribution < -0.4 is 10.6 Å². The first kappa shape index (κ1) is 13.1. The molecule has 1 unspecified atom stereocenters. The van der Waals surface area contributed by atoms with Crippen molar-refractivity contribution >= 4 is 16.7 Å². The first-order chi connectivity index (χ1) is 9.84. The van der Waals surface area contributed by atoms with Gasteiger partial charge >= 0.3 is 0 Å². The Morgan fingerprint density at radius 2 is 2.15 bits per heavy atom. The maximum atomic E-state index is 11.9. The maximum Gasteiger partial charge on any atom is 0.237 e. The Morgan fingerprint density at radius 1 is 1.25 bits per heavy atom. The highest BCUT2D eigenvalue weighted by atomic mass is 16.2. The summed E-state index contributed by atoms with van der Waals surface area (Å²) in [5, 5.41) is 8.65. The maximum absolute atomic E-state index is 11.9. The number of fused-ring (bicyclic) bond motifs is 1. The Balaban J connectivity index is 1.75. The van der Waals surface area contributed by atoms with E-state index in [-0.39, 0.29) is 11.9 Å². The number of pyridine rings is 1. The van der Waals surface area contributed by atoms with Gasteiger partial charge in [0.1, 0.15) is 0 Å². The van der Waals surface area contributed by atoms with Crippen molar-refractivity contribution in [1.29, 1.82) is 0 Å². The molecule has 0 spiro atoms. The highest BCUT2D eigenvalue weighted by molar-refractivity contribution is 5.85. The van der Waals surface area contributed by atoms with Crippen LogP contribution in [0.15, 0.2) is 36.7 Å². The van der Waals surface area contributed by atoms with E-state index < -0.39 is 0 Å². The zero-order valence-electron chi connectivity index (χ0n) is 11.4. The van der Waals surface area contributed by atoms with E-state index in [9.17, 15) is 4.79 Å². The Kier molecular flexibility index (Phi) is 3.92. The quantitative estimate of drug-likeness (QED) is 0.896. The summed E-state index contributed by atoms with van der Waals surface area (Å²) in [6.45, 7) is 1.47. The van der Waals surface area contributed by atoms with Gasteiger partial charge in [-0.25, -0.2) is 0 Å². The molecular formula is C16H19N3O. The summed E-state index contributed by atoms with van der Waals surface area (Å²) in [5.74, 6) is 0.121. The van der Waals surface area contributed by atoms with Crippen LogP contribution in [0.4, 0.5) is 0 Å². The molecule has 0 aliphatic carbocycles. The third-order valence-electron chi connectivity index (χ3n) is 3.82. The van der Waals surface area contributed by atoms with Gasteiger partial charge in [-0.15, -0.1) is 0 Å². The molecule has 1 aromatic heterocycles. The number of nitrogens with one attached hydrogen (secondary N) is 2. The molecule has 3 rings (SSSR count). The van der Waals surface area contributed by atoms with E-state index in [1.165, 1.54) is 5.39 Å². The second-order valence-electron chi connectivity index (χ2n) is 5.24. The summed E-state index contributed by atoms with van der Waals surface area (Å²) >= 11 is 0. The van der Waals surface area contributed by atoms with E-state index in [1.807, 2.05) is 24.5 Å². The molecule has 1 saturated heterocycles. The minimum atomic E-state index is -0.0866. The second-order valence-corrected chi connectivity index (χ2v) is 5.24. The lowest BCUT2D eigenvalue weighted by Crippen LogP contribution is -2.42. The van der Waals surface area contributed by atoms with Crippen molar-refractivity contribution in [2.45, 2.75) is 31.8 Å². The Morgan fingerprint density at radius 3 is 3.10 bits per heavy atom. The Hall–Kier alpha value is -1.94. The van der Waals surface area contributed by atoms with E-state index >= 15 is 0 Å². The summed E-state index contributed by atoms with van der Waals surface area (Å²) < 4.78 is 0. The summed E-state index contributed by atoms with van der Waals surface area (Å²) in [4.78, 5) is 16.2. The van der Waals surface area contributed by atoms with Gasteiger partial charge in [0.15, 0.2) is 0 Å². The average Bonchev–Trinajstić information content (AvgIpc) is 2.69. The number of carbonyl (C=O) groups is 1. The van der Waals surface area contributed by atoms with Gasteiger partial charge < -0.3 is 10.6 Å². The van der Waals surface area contributed by atoms with E-state index in [1.54, 1.807) is 0 Å². The molecule has 0 saturated carbocycles. The molecule has 2 aromatic rings. The van der Waals surface area contributed by atoms with Gasteiger partial charge in [0, 0.05) is 30.9 Å². The van der Waals surface area contributed by atoms with Crippen LogP contribution in [-0.2, 0) is 11.3 Å². The minimum absolute atomic E-state index is 0.0866. The standard InChI is InChI=1S/C16H19N3O/c20-16-15(7-3-4-8-18-16)19-11-13-10-17-9-12-5-1-2-6-14(12)13/h1-2,5-6,9-10,15,19H,3-4,7-8,11H2,(H,18,20). The van der Waals surface area contributed by atoms with Gasteiger partial charge in [0.05, 0.1) is 6.04 Å². The molecule has 1 amide bonds. The number of nitrogens with zero attached hydrogens (tertiary/aromatic N) is 1. The lowest BCUT2D eigenvalue weighted by molar-refractivity contribution is -0.122. The van der Waals surface area contributed by atoms with E-state index in [0.29, 0.717) is 6.54 Å². The van der Waals surface area contributed by atoms with Gasteiger partial charge in [-0.05, 0) is 30.2 Å². The molecule has 0 bridgehead atoms. The van der Waals surface area contributed by atoms with Crippen molar-refractivity contribution in [3.8, 4) is 0 Å². The average molecular weight is 269 g/mol. The van der Waals surface area contributed by atoms with Gasteiger partial charge in [-0.2, -0.15) is 0 Å². The van der Waals surface area contributed by atoms with Crippen molar-refractivity contribution in [3.63, 3.8) is 0 Å². The predicted octanol–water partition coefficient (Wildman–Crippen LogP) is 1.99. The van der Waals surface area contributed by atoms with Crippen molar-refractivity contribution in [2.75, 3.05) is 6.54 Å². The summed E-state index contributed by atoms with van der Waals surface area (Å²) in [6.07, 6.45) is 6.81. The summed E-state index contributed by atoms with van der Waals surface area (Å²) in [6, 6.07) is 8.12.